The standard InChI is InChI=1S/C15H18N6O3S/c1-9-17-15(20-19-9)25-6-5-16-14(23)18-10-3-4-12-11(7-10)21(2)13(22)8-24-12/h3-4,7H,5-6,8H2,1-2H3,(H2,16,18,23)(H,17,19,20). The average molecular weight is 362 g/mol. The Morgan fingerprint density at radius 2 is 2.32 bits per heavy atom. The molecule has 0 spiro atoms. The van der Waals surface area contributed by atoms with Gasteiger partial charge in [-0.1, -0.05) is 11.8 Å². The minimum atomic E-state index is -0.322. The Hall–Kier alpha value is -2.75. The Morgan fingerprint density at radius 1 is 1.48 bits per heavy atom. The summed E-state index contributed by atoms with van der Waals surface area (Å²) in [5, 5.41) is 12.9. The molecule has 132 valence electrons. The van der Waals surface area contributed by atoms with E-state index in [0.29, 0.717) is 34.6 Å². The number of carbonyl (C=O) groups is 2. The molecule has 0 atom stereocenters. The predicted molar refractivity (Wildman–Crippen MR) is 94.2 cm³/mol. The number of amides is 3. The lowest BCUT2D eigenvalue weighted by atomic mass is 10.2. The summed E-state index contributed by atoms with van der Waals surface area (Å²) in [6.07, 6.45) is 0. The number of anilines is 2. The van der Waals surface area contributed by atoms with Crippen LogP contribution in [0.2, 0.25) is 0 Å². The van der Waals surface area contributed by atoms with E-state index < -0.39 is 0 Å². The van der Waals surface area contributed by atoms with Crippen LogP contribution in [0.5, 0.6) is 5.75 Å². The third-order valence-corrected chi connectivity index (χ3v) is 4.35. The lowest BCUT2D eigenvalue weighted by molar-refractivity contribution is -0.120. The van der Waals surface area contributed by atoms with Crippen molar-refractivity contribution in [2.45, 2.75) is 12.1 Å². The monoisotopic (exact) mass is 362 g/mol. The molecule has 0 aliphatic carbocycles. The van der Waals surface area contributed by atoms with Gasteiger partial charge in [0.05, 0.1) is 5.69 Å². The van der Waals surface area contributed by atoms with Gasteiger partial charge in [-0.05, 0) is 25.1 Å². The van der Waals surface area contributed by atoms with Crippen LogP contribution < -0.4 is 20.3 Å². The van der Waals surface area contributed by atoms with Crippen LogP contribution in [-0.2, 0) is 4.79 Å². The molecule has 0 fully saturated rings. The van der Waals surface area contributed by atoms with Crippen molar-refractivity contribution in [1.82, 2.24) is 20.5 Å². The van der Waals surface area contributed by atoms with E-state index in [4.69, 9.17) is 4.74 Å². The van der Waals surface area contributed by atoms with Crippen LogP contribution in [0.15, 0.2) is 23.4 Å². The summed E-state index contributed by atoms with van der Waals surface area (Å²) in [7, 11) is 1.68. The maximum Gasteiger partial charge on any atom is 0.319 e. The first kappa shape index (κ1) is 17.1. The molecule has 2 aromatic rings. The molecule has 0 unspecified atom stereocenters. The van der Waals surface area contributed by atoms with Gasteiger partial charge in [0, 0.05) is 25.0 Å². The first-order valence-corrected chi connectivity index (χ1v) is 8.61. The van der Waals surface area contributed by atoms with Crippen LogP contribution in [0.4, 0.5) is 16.2 Å². The lowest BCUT2D eigenvalue weighted by Gasteiger charge is -2.26. The quantitative estimate of drug-likeness (QED) is 0.547. The highest BCUT2D eigenvalue weighted by Crippen LogP contribution is 2.33. The summed E-state index contributed by atoms with van der Waals surface area (Å²) in [4.78, 5) is 29.3. The van der Waals surface area contributed by atoms with Gasteiger partial charge in [-0.15, -0.1) is 5.10 Å². The Labute approximate surface area is 148 Å². The maximum atomic E-state index is 12.0. The summed E-state index contributed by atoms with van der Waals surface area (Å²) >= 11 is 1.45. The molecule has 2 heterocycles. The van der Waals surface area contributed by atoms with Gasteiger partial charge < -0.3 is 20.3 Å². The molecule has 25 heavy (non-hydrogen) atoms. The number of nitrogens with one attached hydrogen (secondary N) is 3. The molecule has 3 N–H and O–H groups in total. The van der Waals surface area contributed by atoms with Crippen LogP contribution in [0.3, 0.4) is 0 Å². The van der Waals surface area contributed by atoms with Crippen LogP contribution in [-0.4, -0.2) is 53.1 Å². The van der Waals surface area contributed by atoms with Crippen molar-refractivity contribution in [3.63, 3.8) is 0 Å². The molecule has 3 rings (SSSR count). The van der Waals surface area contributed by atoms with Crippen molar-refractivity contribution < 1.29 is 14.3 Å². The summed E-state index contributed by atoms with van der Waals surface area (Å²) in [5.74, 6) is 1.90. The molecule has 0 saturated carbocycles. The van der Waals surface area contributed by atoms with Crippen molar-refractivity contribution in [2.24, 2.45) is 0 Å². The van der Waals surface area contributed by atoms with Crippen molar-refractivity contribution in [3.05, 3.63) is 24.0 Å². The van der Waals surface area contributed by atoms with E-state index >= 15 is 0 Å². The number of hydrogen-bond donors (Lipinski definition) is 3. The SMILES string of the molecule is Cc1nc(SCCNC(=O)Nc2ccc3c(c2)N(C)C(=O)CO3)n[nH]1. The van der Waals surface area contributed by atoms with Crippen molar-refractivity contribution in [1.29, 1.82) is 0 Å². The number of aromatic nitrogens is 3. The molecule has 1 aromatic carbocycles. The van der Waals surface area contributed by atoms with Gasteiger partial charge in [-0.2, -0.15) is 0 Å². The third-order valence-electron chi connectivity index (χ3n) is 3.50. The molecular weight excluding hydrogens is 344 g/mol. The van der Waals surface area contributed by atoms with Gasteiger partial charge in [-0.25, -0.2) is 9.78 Å². The Bertz CT molecular complexity index is 793. The highest BCUT2D eigenvalue weighted by molar-refractivity contribution is 7.99. The van der Waals surface area contributed by atoms with Gasteiger partial charge in [0.25, 0.3) is 5.91 Å². The zero-order valence-electron chi connectivity index (χ0n) is 13.8. The van der Waals surface area contributed by atoms with E-state index in [1.54, 1.807) is 25.2 Å². The van der Waals surface area contributed by atoms with Crippen molar-refractivity contribution in [2.75, 3.05) is 36.2 Å². The van der Waals surface area contributed by atoms with Gasteiger partial charge in [0.15, 0.2) is 6.61 Å². The molecule has 1 aliphatic rings. The number of nitrogens with zero attached hydrogens (tertiary/aromatic N) is 3. The van der Waals surface area contributed by atoms with E-state index in [1.165, 1.54) is 16.7 Å². The number of thioether (sulfide) groups is 1. The minimum absolute atomic E-state index is 0.0266. The number of benzene rings is 1. The molecule has 9 nitrogen and oxygen atoms in total. The molecule has 0 radical (unpaired) electrons. The molecule has 0 saturated heterocycles. The third kappa shape index (κ3) is 4.21. The number of aromatic amines is 1. The number of hydrogen-bond acceptors (Lipinski definition) is 6. The number of fused-ring (bicyclic) bond motifs is 1. The number of ether oxygens (including phenoxy) is 1. The molecule has 10 heteroatoms. The Kier molecular flexibility index (Phi) is 5.08. The normalized spacial score (nSPS) is 13.2. The Morgan fingerprint density at radius 3 is 3.08 bits per heavy atom. The van der Waals surface area contributed by atoms with E-state index in [9.17, 15) is 9.59 Å². The summed E-state index contributed by atoms with van der Waals surface area (Å²) < 4.78 is 5.35. The maximum absolute atomic E-state index is 12.0. The first-order valence-electron chi connectivity index (χ1n) is 7.63. The topological polar surface area (TPSA) is 112 Å². The first-order chi connectivity index (χ1) is 12.0. The Balaban J connectivity index is 1.49. The van der Waals surface area contributed by atoms with Crippen LogP contribution in [0.1, 0.15) is 5.82 Å². The number of carbonyl (C=O) groups excluding carboxylic acids is 2. The smallest absolute Gasteiger partial charge is 0.319 e. The van der Waals surface area contributed by atoms with Gasteiger partial charge in [-0.3, -0.25) is 9.89 Å². The van der Waals surface area contributed by atoms with Crippen LogP contribution in [0.25, 0.3) is 0 Å². The minimum Gasteiger partial charge on any atom is -0.482 e. The fourth-order valence-corrected chi connectivity index (χ4v) is 2.92. The predicted octanol–water partition coefficient (Wildman–Crippen LogP) is 1.38. The highest BCUT2D eigenvalue weighted by atomic mass is 32.2. The second-order valence-electron chi connectivity index (χ2n) is 5.36. The second kappa shape index (κ2) is 7.43. The summed E-state index contributed by atoms with van der Waals surface area (Å²) in [5.41, 5.74) is 1.21. The zero-order valence-corrected chi connectivity index (χ0v) is 14.6. The second-order valence-corrected chi connectivity index (χ2v) is 6.42. The number of urea groups is 1. The number of H-pyrrole nitrogens is 1. The average Bonchev–Trinajstić information content (AvgIpc) is 3.01. The molecule has 1 aromatic heterocycles. The number of rotatable bonds is 5. The summed E-state index contributed by atoms with van der Waals surface area (Å²) in [6.45, 7) is 2.33. The largest absolute Gasteiger partial charge is 0.482 e. The van der Waals surface area contributed by atoms with E-state index in [1.807, 2.05) is 6.92 Å². The molecular formula is C15H18N6O3S. The van der Waals surface area contributed by atoms with Crippen LogP contribution >= 0.6 is 11.8 Å². The van der Waals surface area contributed by atoms with Gasteiger partial charge in [0.2, 0.25) is 5.16 Å². The lowest BCUT2D eigenvalue weighted by Crippen LogP contribution is -2.35. The van der Waals surface area contributed by atoms with Crippen molar-refractivity contribution in [3.8, 4) is 5.75 Å². The zero-order chi connectivity index (χ0) is 17.8. The molecule has 0 bridgehead atoms. The van der Waals surface area contributed by atoms with E-state index in [-0.39, 0.29) is 18.5 Å². The van der Waals surface area contributed by atoms with E-state index in [0.717, 1.165) is 5.82 Å². The molecule has 1 aliphatic heterocycles. The number of aryl methyl sites for hydroxylation is 1. The fraction of sp³-hybridized carbons (Fsp3) is 0.333. The number of likely N-dealkylation sites (N-methyl/N-ethyl adjacent to an activating group) is 1. The van der Waals surface area contributed by atoms with Crippen molar-refractivity contribution >= 4 is 35.1 Å². The van der Waals surface area contributed by atoms with Gasteiger partial charge >= 0.3 is 6.03 Å². The summed E-state index contributed by atoms with van der Waals surface area (Å²) in [6, 6.07) is 4.84. The van der Waals surface area contributed by atoms with Crippen LogP contribution in [0, 0.1) is 6.92 Å². The van der Waals surface area contributed by atoms with Gasteiger partial charge in [0.1, 0.15) is 11.6 Å². The van der Waals surface area contributed by atoms with E-state index in [2.05, 4.69) is 25.8 Å². The fourth-order valence-electron chi connectivity index (χ4n) is 2.22. The molecule has 3 amide bonds. The highest BCUT2D eigenvalue weighted by Gasteiger charge is 2.22.